The zero-order valence-electron chi connectivity index (χ0n) is 21.0. The number of fused-ring (bicyclic) bond motifs is 6. The highest BCUT2D eigenvalue weighted by Gasteiger charge is 2.80. The molecule has 2 amide bonds. The molecule has 0 aliphatic carbocycles. The molecule has 0 aromatic heterocycles. The van der Waals surface area contributed by atoms with E-state index in [4.69, 9.17) is 10.00 Å². The SMILES string of the molecule is CC12CCC(CCCc3ccc(C#N)cc3)(O1)[C@]1(C)C(=O)N(c3ccc(C#N)c4ccccc34)C(=O)[C@H]21. The third kappa shape index (κ3) is 3.06. The maximum Gasteiger partial charge on any atom is 0.243 e. The number of carbonyl (C=O) groups excluding carboxylic acids is 2. The lowest BCUT2D eigenvalue weighted by Crippen LogP contribution is -2.51. The quantitative estimate of drug-likeness (QED) is 0.446. The molecule has 3 saturated heterocycles. The first kappa shape index (κ1) is 23.4. The molecule has 3 heterocycles. The van der Waals surface area contributed by atoms with Gasteiger partial charge in [-0.25, -0.2) is 4.90 Å². The van der Waals surface area contributed by atoms with Crippen molar-refractivity contribution in [1.29, 1.82) is 10.5 Å². The van der Waals surface area contributed by atoms with Crippen molar-refractivity contribution >= 4 is 28.3 Å². The van der Waals surface area contributed by atoms with E-state index in [0.717, 1.165) is 42.0 Å². The zero-order valence-corrected chi connectivity index (χ0v) is 21.0. The molecule has 3 aliphatic rings. The van der Waals surface area contributed by atoms with Crippen LogP contribution in [0.15, 0.2) is 60.7 Å². The Morgan fingerprint density at radius 3 is 2.38 bits per heavy atom. The van der Waals surface area contributed by atoms with Gasteiger partial charge in [-0.2, -0.15) is 10.5 Å². The zero-order chi connectivity index (χ0) is 26.0. The summed E-state index contributed by atoms with van der Waals surface area (Å²) in [6.45, 7) is 3.91. The van der Waals surface area contributed by atoms with Gasteiger partial charge in [0.1, 0.15) is 0 Å². The Hall–Kier alpha value is -4.00. The standard InChI is InChI=1S/C31H27N3O3/c1-29-16-17-31(37-29,15-5-6-20-9-11-21(18-32)12-10-20)30(2)26(29)27(35)34(28(30)36)25-14-13-22(19-33)23-7-3-4-8-24(23)25/h3-4,7-14,26H,5-6,15-17H2,1-2H3/t26-,29?,30+,31?/m1/s1. The molecular formula is C31H27N3O3. The van der Waals surface area contributed by atoms with Crippen molar-refractivity contribution in [2.45, 2.75) is 57.2 Å². The van der Waals surface area contributed by atoms with Crippen molar-refractivity contribution in [3.05, 3.63) is 77.4 Å². The van der Waals surface area contributed by atoms with E-state index in [-0.39, 0.29) is 11.8 Å². The van der Waals surface area contributed by atoms with Crippen LogP contribution in [-0.2, 0) is 20.7 Å². The molecule has 6 nitrogen and oxygen atoms in total. The normalized spacial score (nSPS) is 29.9. The maximum atomic E-state index is 14.3. The Kier molecular flexibility index (Phi) is 5.06. The number of benzene rings is 3. The summed E-state index contributed by atoms with van der Waals surface area (Å²) >= 11 is 0. The van der Waals surface area contributed by atoms with Gasteiger partial charge in [0.15, 0.2) is 0 Å². The number of anilines is 1. The minimum atomic E-state index is -0.962. The highest BCUT2D eigenvalue weighted by Crippen LogP contribution is 2.69. The van der Waals surface area contributed by atoms with Crippen molar-refractivity contribution < 1.29 is 14.3 Å². The highest BCUT2D eigenvalue weighted by molar-refractivity contribution is 6.27. The van der Waals surface area contributed by atoms with Gasteiger partial charge in [0, 0.05) is 10.8 Å². The van der Waals surface area contributed by atoms with E-state index >= 15 is 0 Å². The fraction of sp³-hybridized carbons (Fsp3) is 0.355. The van der Waals surface area contributed by atoms with E-state index < -0.39 is 22.5 Å². The molecule has 184 valence electrons. The second-order valence-electron chi connectivity index (χ2n) is 11.0. The largest absolute Gasteiger partial charge is 0.367 e. The summed E-state index contributed by atoms with van der Waals surface area (Å²) in [5.41, 5.74) is 0.465. The van der Waals surface area contributed by atoms with Crippen LogP contribution in [0.4, 0.5) is 5.69 Å². The number of nitrogens with zero attached hydrogens (tertiary/aromatic N) is 3. The van der Waals surface area contributed by atoms with Crippen LogP contribution in [0.2, 0.25) is 0 Å². The third-order valence-electron chi connectivity index (χ3n) is 9.09. The van der Waals surface area contributed by atoms with Crippen molar-refractivity contribution in [2.24, 2.45) is 11.3 Å². The fourth-order valence-corrected chi connectivity index (χ4v) is 7.29. The van der Waals surface area contributed by atoms with E-state index in [9.17, 15) is 14.9 Å². The lowest BCUT2D eigenvalue weighted by atomic mass is 9.57. The number of hydrogen-bond acceptors (Lipinski definition) is 5. The Morgan fingerprint density at radius 2 is 1.68 bits per heavy atom. The van der Waals surface area contributed by atoms with Crippen LogP contribution in [-0.4, -0.2) is 23.0 Å². The molecule has 0 spiro atoms. The lowest BCUT2D eigenvalue weighted by Gasteiger charge is -2.40. The molecule has 2 unspecified atom stereocenters. The number of imide groups is 1. The molecule has 3 aliphatic heterocycles. The Morgan fingerprint density at radius 1 is 0.946 bits per heavy atom. The smallest absolute Gasteiger partial charge is 0.243 e. The Balaban J connectivity index is 1.35. The van der Waals surface area contributed by atoms with Crippen LogP contribution in [0.3, 0.4) is 0 Å². The van der Waals surface area contributed by atoms with Gasteiger partial charge in [0.25, 0.3) is 0 Å². The molecule has 2 bridgehead atoms. The molecule has 0 N–H and O–H groups in total. The number of nitriles is 2. The van der Waals surface area contributed by atoms with Gasteiger partial charge in [0.2, 0.25) is 11.8 Å². The molecule has 3 aromatic rings. The van der Waals surface area contributed by atoms with Gasteiger partial charge >= 0.3 is 0 Å². The van der Waals surface area contributed by atoms with Gasteiger partial charge < -0.3 is 4.74 Å². The number of hydrogen-bond donors (Lipinski definition) is 0. The molecular weight excluding hydrogens is 462 g/mol. The average Bonchev–Trinajstić information content (AvgIpc) is 3.44. The van der Waals surface area contributed by atoms with Crippen molar-refractivity contribution in [3.63, 3.8) is 0 Å². The summed E-state index contributed by atoms with van der Waals surface area (Å²) in [6.07, 6.45) is 3.78. The van der Waals surface area contributed by atoms with Gasteiger partial charge in [0.05, 0.1) is 51.5 Å². The summed E-state index contributed by atoms with van der Waals surface area (Å²) in [5.74, 6) is -0.969. The second kappa shape index (κ2) is 8.00. The van der Waals surface area contributed by atoms with Crippen molar-refractivity contribution in [2.75, 3.05) is 4.90 Å². The van der Waals surface area contributed by atoms with Gasteiger partial charge in [-0.3, -0.25) is 9.59 Å². The van der Waals surface area contributed by atoms with E-state index in [1.165, 1.54) is 4.90 Å². The van der Waals surface area contributed by atoms with Crippen LogP contribution >= 0.6 is 0 Å². The Bertz CT molecular complexity index is 1550. The minimum Gasteiger partial charge on any atom is -0.367 e. The molecule has 6 heteroatoms. The highest BCUT2D eigenvalue weighted by atomic mass is 16.5. The van der Waals surface area contributed by atoms with Crippen LogP contribution in [0.25, 0.3) is 10.8 Å². The first-order chi connectivity index (χ1) is 17.8. The van der Waals surface area contributed by atoms with Crippen LogP contribution in [0, 0.1) is 34.0 Å². The second-order valence-corrected chi connectivity index (χ2v) is 11.0. The van der Waals surface area contributed by atoms with Crippen molar-refractivity contribution in [3.8, 4) is 12.1 Å². The van der Waals surface area contributed by atoms with Gasteiger partial charge in [-0.1, -0.05) is 36.4 Å². The first-order valence-corrected chi connectivity index (χ1v) is 12.8. The summed E-state index contributed by atoms with van der Waals surface area (Å²) in [6, 6.07) is 22.8. The molecule has 37 heavy (non-hydrogen) atoms. The molecule has 0 saturated carbocycles. The van der Waals surface area contributed by atoms with Crippen LogP contribution < -0.4 is 4.90 Å². The topological polar surface area (TPSA) is 94.2 Å². The Labute approximate surface area is 216 Å². The van der Waals surface area contributed by atoms with E-state index in [2.05, 4.69) is 12.1 Å². The summed E-state index contributed by atoms with van der Waals surface area (Å²) in [4.78, 5) is 29.7. The molecule has 3 aromatic carbocycles. The summed E-state index contributed by atoms with van der Waals surface area (Å²) in [5, 5.41) is 20.1. The maximum absolute atomic E-state index is 14.3. The van der Waals surface area contributed by atoms with Gasteiger partial charge in [-0.15, -0.1) is 0 Å². The third-order valence-corrected chi connectivity index (χ3v) is 9.09. The number of carbonyl (C=O) groups is 2. The van der Waals surface area contributed by atoms with Crippen molar-refractivity contribution in [1.82, 2.24) is 0 Å². The molecule has 6 rings (SSSR count). The average molecular weight is 490 g/mol. The fourth-order valence-electron chi connectivity index (χ4n) is 7.29. The van der Waals surface area contributed by atoms with E-state index in [1.807, 2.05) is 62.4 Å². The number of aryl methyl sites for hydroxylation is 1. The molecule has 4 atom stereocenters. The van der Waals surface area contributed by atoms with Crippen LogP contribution in [0.5, 0.6) is 0 Å². The number of ether oxygens (including phenoxy) is 1. The number of amides is 2. The van der Waals surface area contributed by atoms with Crippen LogP contribution in [0.1, 0.15) is 56.2 Å². The number of rotatable bonds is 5. The van der Waals surface area contributed by atoms with E-state index in [1.54, 1.807) is 12.1 Å². The molecule has 0 radical (unpaired) electrons. The van der Waals surface area contributed by atoms with E-state index in [0.29, 0.717) is 23.2 Å². The minimum absolute atomic E-state index is 0.209. The predicted molar refractivity (Wildman–Crippen MR) is 138 cm³/mol. The monoisotopic (exact) mass is 489 g/mol. The lowest BCUT2D eigenvalue weighted by molar-refractivity contribution is -0.138. The first-order valence-electron chi connectivity index (χ1n) is 12.8. The summed E-state index contributed by atoms with van der Waals surface area (Å²) < 4.78 is 6.69. The summed E-state index contributed by atoms with van der Waals surface area (Å²) in [7, 11) is 0. The predicted octanol–water partition coefficient (Wildman–Crippen LogP) is 5.42. The van der Waals surface area contributed by atoms with Gasteiger partial charge in [-0.05, 0) is 75.8 Å². The molecule has 3 fully saturated rings.